The summed E-state index contributed by atoms with van der Waals surface area (Å²) in [6.07, 6.45) is 5.41. The van der Waals surface area contributed by atoms with Crippen molar-refractivity contribution in [1.82, 2.24) is 19.8 Å². The minimum absolute atomic E-state index is 0.0596. The first kappa shape index (κ1) is 20.9. The smallest absolute Gasteiger partial charge is 0.253 e. The van der Waals surface area contributed by atoms with Gasteiger partial charge in [0.25, 0.3) is 5.91 Å². The lowest BCUT2D eigenvalue weighted by atomic mass is 10.0. The number of hydrogen-bond acceptors (Lipinski definition) is 3. The van der Waals surface area contributed by atoms with Crippen molar-refractivity contribution in [2.45, 2.75) is 25.4 Å². The first-order chi connectivity index (χ1) is 14.6. The van der Waals surface area contributed by atoms with Gasteiger partial charge in [-0.15, -0.1) is 0 Å². The van der Waals surface area contributed by atoms with Crippen LogP contribution < -0.4 is 0 Å². The van der Waals surface area contributed by atoms with E-state index in [0.717, 1.165) is 36.6 Å². The van der Waals surface area contributed by atoms with E-state index < -0.39 is 0 Å². The molecule has 1 amide bonds. The van der Waals surface area contributed by atoms with E-state index in [1.807, 2.05) is 23.2 Å². The second kappa shape index (κ2) is 9.65. The molecular weight excluding hydrogens is 419 g/mol. The maximum Gasteiger partial charge on any atom is 0.253 e. The average molecular weight is 443 g/mol. The molecule has 1 aliphatic heterocycles. The number of amides is 1. The minimum atomic E-state index is 0.0596. The molecule has 1 N–H and O–H groups in total. The molecule has 0 spiro atoms. The topological polar surface area (TPSA) is 52.2 Å². The van der Waals surface area contributed by atoms with Gasteiger partial charge in [0.15, 0.2) is 0 Å². The van der Waals surface area contributed by atoms with Crippen LogP contribution in [0.2, 0.25) is 10.0 Å². The Morgan fingerprint density at radius 1 is 1.03 bits per heavy atom. The van der Waals surface area contributed by atoms with E-state index in [1.165, 1.54) is 5.56 Å². The summed E-state index contributed by atoms with van der Waals surface area (Å²) < 4.78 is 0. The minimum Gasteiger partial charge on any atom is -0.348 e. The normalized spacial score (nSPS) is 17.3. The Kier molecular flexibility index (Phi) is 6.72. The standard InChI is InChI=1S/C23H24Cl2N4O/c24-19-5-1-17(2-6-19)14-28-11-12-29(23(30)18-3-7-20(25)8-4-18)15-22(28)10-9-21-13-26-16-27-21/h1-8,13,16,22H,9-12,14-15H2,(H,26,27). The Morgan fingerprint density at radius 2 is 1.73 bits per heavy atom. The quantitative estimate of drug-likeness (QED) is 0.602. The Labute approximate surface area is 186 Å². The Bertz CT molecular complexity index is 958. The van der Waals surface area contributed by atoms with Crippen molar-refractivity contribution in [3.05, 3.63) is 87.9 Å². The zero-order chi connectivity index (χ0) is 20.9. The summed E-state index contributed by atoms with van der Waals surface area (Å²) in [6.45, 7) is 3.07. The number of rotatable bonds is 6. The second-order valence-corrected chi connectivity index (χ2v) is 8.50. The highest BCUT2D eigenvalue weighted by Crippen LogP contribution is 2.21. The number of halogens is 2. The lowest BCUT2D eigenvalue weighted by Gasteiger charge is -2.41. The van der Waals surface area contributed by atoms with Crippen molar-refractivity contribution in [3.63, 3.8) is 0 Å². The fourth-order valence-electron chi connectivity index (χ4n) is 3.90. The first-order valence-corrected chi connectivity index (χ1v) is 10.8. The fourth-order valence-corrected chi connectivity index (χ4v) is 4.15. The highest BCUT2D eigenvalue weighted by Gasteiger charge is 2.30. The van der Waals surface area contributed by atoms with Crippen molar-refractivity contribution in [1.29, 1.82) is 0 Å². The number of aromatic nitrogens is 2. The van der Waals surface area contributed by atoms with Gasteiger partial charge in [0.2, 0.25) is 0 Å². The summed E-state index contributed by atoms with van der Waals surface area (Å²) in [5.74, 6) is 0.0596. The number of hydrogen-bond donors (Lipinski definition) is 1. The molecule has 1 fully saturated rings. The van der Waals surface area contributed by atoms with Crippen LogP contribution in [0.25, 0.3) is 0 Å². The number of benzene rings is 2. The molecule has 2 heterocycles. The van der Waals surface area contributed by atoms with E-state index in [-0.39, 0.29) is 11.9 Å². The van der Waals surface area contributed by atoms with E-state index in [9.17, 15) is 4.79 Å². The molecule has 5 nitrogen and oxygen atoms in total. The van der Waals surface area contributed by atoms with Crippen LogP contribution in [0.1, 0.15) is 28.0 Å². The van der Waals surface area contributed by atoms with Gasteiger partial charge in [-0.2, -0.15) is 0 Å². The molecule has 2 aromatic carbocycles. The number of nitrogens with zero attached hydrogens (tertiary/aromatic N) is 3. The SMILES string of the molecule is O=C(c1ccc(Cl)cc1)N1CCN(Cc2ccc(Cl)cc2)C(CCc2cnc[nH]2)C1. The van der Waals surface area contributed by atoms with Crippen molar-refractivity contribution >= 4 is 29.1 Å². The van der Waals surface area contributed by atoms with E-state index in [2.05, 4.69) is 27.0 Å². The summed E-state index contributed by atoms with van der Waals surface area (Å²) >= 11 is 12.0. The molecule has 1 atom stereocenters. The predicted molar refractivity (Wildman–Crippen MR) is 120 cm³/mol. The maximum absolute atomic E-state index is 13.0. The van der Waals surface area contributed by atoms with Gasteiger partial charge in [0, 0.05) is 59.7 Å². The molecule has 0 radical (unpaired) electrons. The van der Waals surface area contributed by atoms with Gasteiger partial charge >= 0.3 is 0 Å². The molecule has 4 rings (SSSR count). The van der Waals surface area contributed by atoms with Crippen LogP contribution in [0, 0.1) is 0 Å². The van der Waals surface area contributed by atoms with E-state index >= 15 is 0 Å². The monoisotopic (exact) mass is 442 g/mol. The third kappa shape index (κ3) is 5.22. The van der Waals surface area contributed by atoms with Gasteiger partial charge in [-0.3, -0.25) is 9.69 Å². The average Bonchev–Trinajstić information content (AvgIpc) is 3.28. The van der Waals surface area contributed by atoms with Crippen LogP contribution >= 0.6 is 23.2 Å². The Hall–Kier alpha value is -2.34. The molecule has 156 valence electrons. The maximum atomic E-state index is 13.0. The molecule has 3 aromatic rings. The number of piperazine rings is 1. The molecule has 1 unspecified atom stereocenters. The Balaban J connectivity index is 1.47. The fraction of sp³-hybridized carbons (Fsp3) is 0.304. The molecule has 1 saturated heterocycles. The predicted octanol–water partition coefficient (Wildman–Crippen LogP) is 4.68. The molecule has 0 saturated carbocycles. The zero-order valence-corrected chi connectivity index (χ0v) is 18.1. The summed E-state index contributed by atoms with van der Waals surface area (Å²) in [4.78, 5) is 24.7. The van der Waals surface area contributed by atoms with Crippen LogP contribution in [0.3, 0.4) is 0 Å². The van der Waals surface area contributed by atoms with Gasteiger partial charge in [-0.1, -0.05) is 35.3 Å². The van der Waals surface area contributed by atoms with Gasteiger partial charge < -0.3 is 9.88 Å². The molecule has 0 bridgehead atoms. The largest absolute Gasteiger partial charge is 0.348 e. The van der Waals surface area contributed by atoms with Crippen LogP contribution in [0.15, 0.2) is 61.1 Å². The number of carbonyl (C=O) groups excluding carboxylic acids is 1. The van der Waals surface area contributed by atoms with Crippen LogP contribution in [-0.4, -0.2) is 51.4 Å². The molecular formula is C23H24Cl2N4O. The van der Waals surface area contributed by atoms with Gasteiger partial charge in [0.1, 0.15) is 0 Å². The summed E-state index contributed by atoms with van der Waals surface area (Å²) in [7, 11) is 0. The van der Waals surface area contributed by atoms with Gasteiger partial charge in [-0.25, -0.2) is 4.98 Å². The highest BCUT2D eigenvalue weighted by atomic mass is 35.5. The van der Waals surface area contributed by atoms with Crippen LogP contribution in [-0.2, 0) is 13.0 Å². The molecule has 1 aromatic heterocycles. The first-order valence-electron chi connectivity index (χ1n) is 10.1. The molecule has 1 aliphatic rings. The van der Waals surface area contributed by atoms with Crippen molar-refractivity contribution in [3.8, 4) is 0 Å². The number of carbonyl (C=O) groups is 1. The van der Waals surface area contributed by atoms with Crippen molar-refractivity contribution < 1.29 is 4.79 Å². The summed E-state index contributed by atoms with van der Waals surface area (Å²) in [6, 6.07) is 15.4. The lowest BCUT2D eigenvalue weighted by Crippen LogP contribution is -2.54. The number of aromatic amines is 1. The molecule has 7 heteroatoms. The molecule has 30 heavy (non-hydrogen) atoms. The number of nitrogens with one attached hydrogen (secondary N) is 1. The Morgan fingerprint density at radius 3 is 2.40 bits per heavy atom. The number of aryl methyl sites for hydroxylation is 1. The van der Waals surface area contributed by atoms with Gasteiger partial charge in [-0.05, 0) is 54.8 Å². The van der Waals surface area contributed by atoms with Crippen molar-refractivity contribution in [2.75, 3.05) is 19.6 Å². The van der Waals surface area contributed by atoms with Gasteiger partial charge in [0.05, 0.1) is 6.33 Å². The summed E-state index contributed by atoms with van der Waals surface area (Å²) in [5.41, 5.74) is 3.02. The molecule has 0 aliphatic carbocycles. The lowest BCUT2D eigenvalue weighted by molar-refractivity contribution is 0.0440. The second-order valence-electron chi connectivity index (χ2n) is 7.62. The summed E-state index contributed by atoms with van der Waals surface area (Å²) in [5, 5.41) is 1.38. The van der Waals surface area contributed by atoms with Crippen LogP contribution in [0.4, 0.5) is 0 Å². The van der Waals surface area contributed by atoms with E-state index in [0.29, 0.717) is 23.7 Å². The number of H-pyrrole nitrogens is 1. The van der Waals surface area contributed by atoms with Crippen molar-refractivity contribution in [2.24, 2.45) is 0 Å². The highest BCUT2D eigenvalue weighted by molar-refractivity contribution is 6.30. The third-order valence-corrected chi connectivity index (χ3v) is 6.09. The van der Waals surface area contributed by atoms with E-state index in [1.54, 1.807) is 30.6 Å². The third-order valence-electron chi connectivity index (χ3n) is 5.58. The van der Waals surface area contributed by atoms with E-state index in [4.69, 9.17) is 23.2 Å². The zero-order valence-electron chi connectivity index (χ0n) is 16.6. The van der Waals surface area contributed by atoms with Crippen LogP contribution in [0.5, 0.6) is 0 Å². The number of imidazole rings is 1.